The number of aliphatic imine (C=N–C) groups is 2. The molecule has 47 heavy (non-hydrogen) atoms. The van der Waals surface area contributed by atoms with Crippen molar-refractivity contribution in [2.75, 3.05) is 0 Å². The Morgan fingerprint density at radius 3 is 1.96 bits per heavy atom. The van der Waals surface area contributed by atoms with Crippen molar-refractivity contribution >= 4 is 44.5 Å². The molecule has 0 fully saturated rings. The Labute approximate surface area is 271 Å². The van der Waals surface area contributed by atoms with E-state index in [1.807, 2.05) is 54.6 Å². The van der Waals surface area contributed by atoms with Crippen molar-refractivity contribution in [3.05, 3.63) is 175 Å². The summed E-state index contributed by atoms with van der Waals surface area (Å²) in [5.74, 6) is 1.52. The van der Waals surface area contributed by atoms with Crippen molar-refractivity contribution < 1.29 is 4.42 Å². The first-order valence-electron chi connectivity index (χ1n) is 15.7. The van der Waals surface area contributed by atoms with E-state index in [1.54, 1.807) is 6.20 Å². The molecular weight excluding hydrogens is 576 g/mol. The lowest BCUT2D eigenvalue weighted by molar-refractivity contribution is 0.654. The summed E-state index contributed by atoms with van der Waals surface area (Å²) < 4.78 is 6.05. The standard InChI is InChI=1S/C42H28N4O/c1-3-11-29(12-4-1)39-44-40(30-13-5-2-6-14-30)46-41(45-39)35-25-24-31(33-15-7-8-16-34(33)35)27-20-22-28(23-21-27)32-17-9-19-37-38(32)36-18-10-26-43-42(36)47-37/h1-26,39H,(H,44,45,46). The van der Waals surface area contributed by atoms with Gasteiger partial charge in [-0.15, -0.1) is 0 Å². The van der Waals surface area contributed by atoms with Gasteiger partial charge in [0.25, 0.3) is 0 Å². The van der Waals surface area contributed by atoms with E-state index in [2.05, 4.69) is 107 Å². The molecule has 1 aliphatic heterocycles. The zero-order valence-corrected chi connectivity index (χ0v) is 25.3. The van der Waals surface area contributed by atoms with Crippen molar-refractivity contribution in [1.29, 1.82) is 0 Å². The highest BCUT2D eigenvalue weighted by atomic mass is 16.3. The molecule has 0 aliphatic carbocycles. The van der Waals surface area contributed by atoms with Crippen LogP contribution in [0.3, 0.4) is 0 Å². The van der Waals surface area contributed by atoms with E-state index in [-0.39, 0.29) is 6.17 Å². The van der Waals surface area contributed by atoms with Crippen LogP contribution in [0, 0.1) is 0 Å². The molecule has 6 aromatic carbocycles. The van der Waals surface area contributed by atoms with E-state index < -0.39 is 0 Å². The average molecular weight is 605 g/mol. The Balaban J connectivity index is 1.14. The van der Waals surface area contributed by atoms with Gasteiger partial charge in [-0.3, -0.25) is 0 Å². The maximum Gasteiger partial charge on any atom is 0.227 e. The lowest BCUT2D eigenvalue weighted by Gasteiger charge is -2.24. The second-order valence-electron chi connectivity index (χ2n) is 11.7. The molecule has 0 bridgehead atoms. The summed E-state index contributed by atoms with van der Waals surface area (Å²) in [6.07, 6.45) is 1.51. The third-order valence-electron chi connectivity index (χ3n) is 8.85. The van der Waals surface area contributed by atoms with Gasteiger partial charge >= 0.3 is 0 Å². The lowest BCUT2D eigenvalue weighted by atomic mass is 9.92. The van der Waals surface area contributed by atoms with Crippen LogP contribution in [0.4, 0.5) is 0 Å². The summed E-state index contributed by atoms with van der Waals surface area (Å²) >= 11 is 0. The van der Waals surface area contributed by atoms with Crippen molar-refractivity contribution in [3.8, 4) is 22.3 Å². The summed E-state index contributed by atoms with van der Waals surface area (Å²) in [5.41, 5.74) is 9.18. The molecule has 1 unspecified atom stereocenters. The molecule has 0 radical (unpaired) electrons. The topological polar surface area (TPSA) is 62.8 Å². The summed E-state index contributed by atoms with van der Waals surface area (Å²) in [6, 6.07) is 52.5. The van der Waals surface area contributed by atoms with Gasteiger partial charge in [0, 0.05) is 28.1 Å². The number of hydrogen-bond acceptors (Lipinski definition) is 5. The number of fused-ring (bicyclic) bond motifs is 4. The van der Waals surface area contributed by atoms with Crippen LogP contribution in [0.1, 0.15) is 22.9 Å². The van der Waals surface area contributed by atoms with Crippen LogP contribution in [0.5, 0.6) is 0 Å². The molecule has 2 aromatic heterocycles. The molecule has 9 rings (SSSR count). The first-order chi connectivity index (χ1) is 23.3. The predicted molar refractivity (Wildman–Crippen MR) is 192 cm³/mol. The van der Waals surface area contributed by atoms with Crippen LogP contribution in [-0.2, 0) is 0 Å². The normalized spacial score (nSPS) is 14.6. The van der Waals surface area contributed by atoms with Crippen molar-refractivity contribution in [1.82, 2.24) is 10.3 Å². The Bertz CT molecular complexity index is 2480. The molecule has 0 amide bonds. The molecule has 0 spiro atoms. The van der Waals surface area contributed by atoms with Gasteiger partial charge in [0.15, 0.2) is 5.84 Å². The molecule has 0 saturated heterocycles. The minimum absolute atomic E-state index is 0.252. The second-order valence-corrected chi connectivity index (χ2v) is 11.7. The maximum atomic E-state index is 6.05. The first-order valence-corrected chi connectivity index (χ1v) is 15.7. The van der Waals surface area contributed by atoms with Gasteiger partial charge in [0.2, 0.25) is 5.71 Å². The van der Waals surface area contributed by atoms with Crippen LogP contribution >= 0.6 is 0 Å². The van der Waals surface area contributed by atoms with Gasteiger partial charge in [-0.05, 0) is 62.9 Å². The van der Waals surface area contributed by atoms with Crippen LogP contribution in [0.25, 0.3) is 55.1 Å². The van der Waals surface area contributed by atoms with E-state index in [1.165, 1.54) is 0 Å². The monoisotopic (exact) mass is 604 g/mol. The highest BCUT2D eigenvalue weighted by Gasteiger charge is 2.22. The zero-order valence-electron chi connectivity index (χ0n) is 25.3. The molecule has 5 heteroatoms. The SMILES string of the molecule is c1ccc(C2=NC(c3ccc(-c4ccc(-c5cccc6oc7ncccc7c56)cc4)c4ccccc34)=NC(c3ccccc3)N2)cc1. The fraction of sp³-hybridized carbons (Fsp3) is 0.0238. The van der Waals surface area contributed by atoms with Gasteiger partial charge < -0.3 is 9.73 Å². The van der Waals surface area contributed by atoms with Gasteiger partial charge in [-0.1, -0.05) is 127 Å². The molecule has 0 saturated carbocycles. The molecule has 3 heterocycles. The van der Waals surface area contributed by atoms with Crippen LogP contribution in [0.2, 0.25) is 0 Å². The molecule has 1 N–H and O–H groups in total. The minimum atomic E-state index is -0.252. The molecule has 8 aromatic rings. The number of hydrogen-bond donors (Lipinski definition) is 1. The Morgan fingerprint density at radius 1 is 0.511 bits per heavy atom. The van der Waals surface area contributed by atoms with Crippen molar-refractivity contribution in [2.24, 2.45) is 9.98 Å². The number of nitrogens with zero attached hydrogens (tertiary/aromatic N) is 3. The van der Waals surface area contributed by atoms with Gasteiger partial charge in [0.1, 0.15) is 17.6 Å². The third-order valence-corrected chi connectivity index (χ3v) is 8.85. The number of pyridine rings is 1. The Kier molecular flexibility index (Phi) is 6.46. The largest absolute Gasteiger partial charge is 0.438 e. The molecule has 1 aliphatic rings. The van der Waals surface area contributed by atoms with E-state index in [0.29, 0.717) is 11.5 Å². The van der Waals surface area contributed by atoms with Crippen LogP contribution in [-0.4, -0.2) is 16.7 Å². The van der Waals surface area contributed by atoms with Gasteiger partial charge in [0.05, 0.1) is 0 Å². The summed E-state index contributed by atoms with van der Waals surface area (Å²) in [6.45, 7) is 0. The maximum absolute atomic E-state index is 6.05. The number of furan rings is 1. The smallest absolute Gasteiger partial charge is 0.227 e. The summed E-state index contributed by atoms with van der Waals surface area (Å²) in [4.78, 5) is 14.7. The fourth-order valence-electron chi connectivity index (χ4n) is 6.59. The quantitative estimate of drug-likeness (QED) is 0.213. The number of aromatic nitrogens is 1. The number of nitrogens with one attached hydrogen (secondary N) is 1. The summed E-state index contributed by atoms with van der Waals surface area (Å²) in [7, 11) is 0. The minimum Gasteiger partial charge on any atom is -0.438 e. The lowest BCUT2D eigenvalue weighted by Crippen LogP contribution is -2.33. The summed E-state index contributed by atoms with van der Waals surface area (Å²) in [5, 5.41) is 7.94. The van der Waals surface area contributed by atoms with E-state index in [0.717, 1.165) is 71.9 Å². The zero-order chi connectivity index (χ0) is 31.2. The number of rotatable bonds is 5. The molecule has 222 valence electrons. The first kappa shape index (κ1) is 27.0. The molecular formula is C42H28N4O. The molecule has 1 atom stereocenters. The van der Waals surface area contributed by atoms with E-state index in [9.17, 15) is 0 Å². The van der Waals surface area contributed by atoms with Crippen molar-refractivity contribution in [3.63, 3.8) is 0 Å². The highest BCUT2D eigenvalue weighted by Crippen LogP contribution is 2.38. The average Bonchev–Trinajstić information content (AvgIpc) is 3.54. The Hall–Kier alpha value is -6.33. The molecule has 5 nitrogen and oxygen atoms in total. The number of amidine groups is 2. The number of benzene rings is 6. The van der Waals surface area contributed by atoms with Gasteiger partial charge in [-0.25, -0.2) is 15.0 Å². The van der Waals surface area contributed by atoms with Gasteiger partial charge in [-0.2, -0.15) is 0 Å². The Morgan fingerprint density at radius 2 is 1.17 bits per heavy atom. The third kappa shape index (κ3) is 4.77. The van der Waals surface area contributed by atoms with E-state index in [4.69, 9.17) is 14.4 Å². The predicted octanol–water partition coefficient (Wildman–Crippen LogP) is 9.96. The van der Waals surface area contributed by atoms with Crippen LogP contribution < -0.4 is 5.32 Å². The van der Waals surface area contributed by atoms with Crippen molar-refractivity contribution in [2.45, 2.75) is 6.17 Å². The second kappa shape index (κ2) is 11.2. The fourth-order valence-corrected chi connectivity index (χ4v) is 6.59. The van der Waals surface area contributed by atoms with Crippen LogP contribution in [0.15, 0.2) is 172 Å². The van der Waals surface area contributed by atoms with E-state index >= 15 is 0 Å². The highest BCUT2D eigenvalue weighted by molar-refractivity contribution is 6.19.